The van der Waals surface area contributed by atoms with E-state index in [9.17, 15) is 9.18 Å². The van der Waals surface area contributed by atoms with Gasteiger partial charge in [-0.15, -0.1) is 0 Å². The Morgan fingerprint density at radius 2 is 1.79 bits per heavy atom. The van der Waals surface area contributed by atoms with E-state index in [2.05, 4.69) is 0 Å². The largest absolute Gasteiger partial charge is 0.396 e. The second kappa shape index (κ2) is 6.14. The van der Waals surface area contributed by atoms with E-state index in [0.717, 1.165) is 12.8 Å². The van der Waals surface area contributed by atoms with Crippen molar-refractivity contribution in [1.29, 1.82) is 0 Å². The van der Waals surface area contributed by atoms with Crippen LogP contribution in [0.3, 0.4) is 0 Å². The van der Waals surface area contributed by atoms with Crippen LogP contribution in [0.2, 0.25) is 0 Å². The predicted molar refractivity (Wildman–Crippen MR) is 74.5 cm³/mol. The standard InChI is InChI=1S/C16H16FNO/c17-14-10-5-9-13(16(14)18)15(19)11-4-8-12-6-2-1-3-7-12/h1-3,5-7,9-10H,4,8,11,18H2. The van der Waals surface area contributed by atoms with Crippen molar-refractivity contribution < 1.29 is 9.18 Å². The first kappa shape index (κ1) is 13.3. The van der Waals surface area contributed by atoms with Crippen LogP contribution in [0, 0.1) is 5.82 Å². The van der Waals surface area contributed by atoms with Gasteiger partial charge in [-0.1, -0.05) is 36.4 Å². The van der Waals surface area contributed by atoms with Gasteiger partial charge in [0, 0.05) is 12.0 Å². The summed E-state index contributed by atoms with van der Waals surface area (Å²) in [6.45, 7) is 0. The highest BCUT2D eigenvalue weighted by atomic mass is 19.1. The molecule has 0 spiro atoms. The molecule has 0 fully saturated rings. The van der Waals surface area contributed by atoms with E-state index < -0.39 is 5.82 Å². The van der Waals surface area contributed by atoms with Gasteiger partial charge in [0.25, 0.3) is 0 Å². The maximum absolute atomic E-state index is 13.2. The third kappa shape index (κ3) is 3.41. The Morgan fingerprint density at radius 1 is 1.05 bits per heavy atom. The SMILES string of the molecule is Nc1c(F)cccc1C(=O)CCCc1ccccc1. The van der Waals surface area contributed by atoms with Gasteiger partial charge >= 0.3 is 0 Å². The molecule has 0 saturated heterocycles. The number of nitrogen functional groups attached to an aromatic ring is 1. The maximum atomic E-state index is 13.2. The molecule has 0 heterocycles. The fourth-order valence-electron chi connectivity index (χ4n) is 2.01. The van der Waals surface area contributed by atoms with Gasteiger partial charge in [-0.05, 0) is 30.5 Å². The number of ketones is 1. The molecular formula is C16H16FNO. The lowest BCUT2D eigenvalue weighted by Gasteiger charge is -2.05. The molecule has 0 aromatic heterocycles. The molecule has 0 aliphatic heterocycles. The molecule has 2 rings (SSSR count). The van der Waals surface area contributed by atoms with Crippen LogP contribution in [0.15, 0.2) is 48.5 Å². The lowest BCUT2D eigenvalue weighted by atomic mass is 10.0. The average molecular weight is 257 g/mol. The zero-order valence-electron chi connectivity index (χ0n) is 10.6. The number of carbonyl (C=O) groups is 1. The summed E-state index contributed by atoms with van der Waals surface area (Å²) in [5.74, 6) is -0.637. The van der Waals surface area contributed by atoms with Gasteiger partial charge in [0.15, 0.2) is 5.78 Å². The first-order chi connectivity index (χ1) is 9.18. The summed E-state index contributed by atoms with van der Waals surface area (Å²) in [5, 5.41) is 0. The fourth-order valence-corrected chi connectivity index (χ4v) is 2.01. The quantitative estimate of drug-likeness (QED) is 0.656. The van der Waals surface area contributed by atoms with Crippen LogP contribution in [0.5, 0.6) is 0 Å². The molecular weight excluding hydrogens is 241 g/mol. The van der Waals surface area contributed by atoms with Gasteiger partial charge in [-0.25, -0.2) is 4.39 Å². The summed E-state index contributed by atoms with van der Waals surface area (Å²) in [5.41, 5.74) is 7.00. The fraction of sp³-hybridized carbons (Fsp3) is 0.188. The average Bonchev–Trinajstić information content (AvgIpc) is 2.43. The van der Waals surface area contributed by atoms with Crippen LogP contribution in [0.25, 0.3) is 0 Å². The predicted octanol–water partition coefficient (Wildman–Crippen LogP) is 3.61. The van der Waals surface area contributed by atoms with Crippen LogP contribution >= 0.6 is 0 Å². The number of hydrogen-bond acceptors (Lipinski definition) is 2. The Balaban J connectivity index is 1.93. The number of nitrogens with two attached hydrogens (primary N) is 1. The Hall–Kier alpha value is -2.16. The summed E-state index contributed by atoms with van der Waals surface area (Å²) >= 11 is 0. The summed E-state index contributed by atoms with van der Waals surface area (Å²) < 4.78 is 13.2. The molecule has 0 aliphatic carbocycles. The smallest absolute Gasteiger partial charge is 0.165 e. The minimum atomic E-state index is -0.533. The van der Waals surface area contributed by atoms with Gasteiger partial charge in [0.2, 0.25) is 0 Å². The van der Waals surface area contributed by atoms with E-state index in [1.54, 1.807) is 6.07 Å². The lowest BCUT2D eigenvalue weighted by molar-refractivity contribution is 0.0980. The van der Waals surface area contributed by atoms with Crippen molar-refractivity contribution in [3.05, 3.63) is 65.5 Å². The summed E-state index contributed by atoms with van der Waals surface area (Å²) in [6.07, 6.45) is 1.95. The van der Waals surface area contributed by atoms with Crippen molar-refractivity contribution in [2.24, 2.45) is 0 Å². The zero-order chi connectivity index (χ0) is 13.7. The minimum Gasteiger partial charge on any atom is -0.396 e. The van der Waals surface area contributed by atoms with E-state index in [1.807, 2.05) is 30.3 Å². The number of aryl methyl sites for hydroxylation is 1. The summed E-state index contributed by atoms with van der Waals surface area (Å²) in [6, 6.07) is 14.3. The molecule has 0 bridgehead atoms. The van der Waals surface area contributed by atoms with Crippen molar-refractivity contribution >= 4 is 11.5 Å². The van der Waals surface area contributed by atoms with E-state index in [0.29, 0.717) is 6.42 Å². The van der Waals surface area contributed by atoms with Crippen LogP contribution in [-0.2, 0) is 6.42 Å². The second-order valence-corrected chi connectivity index (χ2v) is 4.46. The number of Topliss-reactive ketones (excluding diaryl/α,β-unsaturated/α-hetero) is 1. The van der Waals surface area contributed by atoms with Crippen LogP contribution < -0.4 is 5.73 Å². The minimum absolute atomic E-state index is 0.0489. The third-order valence-electron chi connectivity index (χ3n) is 3.07. The highest BCUT2D eigenvalue weighted by molar-refractivity contribution is 6.00. The maximum Gasteiger partial charge on any atom is 0.165 e. The monoisotopic (exact) mass is 257 g/mol. The number of anilines is 1. The van der Waals surface area contributed by atoms with Crippen LogP contribution in [0.4, 0.5) is 10.1 Å². The highest BCUT2D eigenvalue weighted by Crippen LogP contribution is 2.18. The molecule has 2 nitrogen and oxygen atoms in total. The summed E-state index contributed by atoms with van der Waals surface area (Å²) in [4.78, 5) is 12.0. The molecule has 19 heavy (non-hydrogen) atoms. The molecule has 0 unspecified atom stereocenters. The van der Waals surface area contributed by atoms with Gasteiger partial charge < -0.3 is 5.73 Å². The molecule has 0 aliphatic rings. The number of rotatable bonds is 5. The number of benzene rings is 2. The molecule has 2 aromatic rings. The van der Waals surface area contributed by atoms with Crippen LogP contribution in [0.1, 0.15) is 28.8 Å². The Labute approximate surface area is 112 Å². The van der Waals surface area contributed by atoms with Crippen molar-refractivity contribution in [3.63, 3.8) is 0 Å². The molecule has 3 heteroatoms. The highest BCUT2D eigenvalue weighted by Gasteiger charge is 2.12. The third-order valence-corrected chi connectivity index (χ3v) is 3.07. The van der Waals surface area contributed by atoms with Gasteiger partial charge in [0.05, 0.1) is 5.69 Å². The molecule has 98 valence electrons. The Bertz CT molecular complexity index is 566. The molecule has 0 saturated carbocycles. The van der Waals surface area contributed by atoms with Gasteiger partial charge in [-0.3, -0.25) is 4.79 Å². The molecule has 2 aromatic carbocycles. The normalized spacial score (nSPS) is 10.4. The first-order valence-corrected chi connectivity index (χ1v) is 6.29. The molecule has 0 atom stereocenters. The van der Waals surface area contributed by atoms with Crippen molar-refractivity contribution in [3.8, 4) is 0 Å². The summed E-state index contributed by atoms with van der Waals surface area (Å²) in [7, 11) is 0. The number of hydrogen-bond donors (Lipinski definition) is 1. The lowest BCUT2D eigenvalue weighted by Crippen LogP contribution is -2.06. The van der Waals surface area contributed by atoms with Crippen molar-refractivity contribution in [1.82, 2.24) is 0 Å². The van der Waals surface area contributed by atoms with Gasteiger partial charge in [-0.2, -0.15) is 0 Å². The van der Waals surface area contributed by atoms with E-state index >= 15 is 0 Å². The topological polar surface area (TPSA) is 43.1 Å². The molecule has 0 radical (unpaired) electrons. The zero-order valence-corrected chi connectivity index (χ0v) is 10.6. The molecule has 2 N–H and O–H groups in total. The second-order valence-electron chi connectivity index (χ2n) is 4.46. The number of para-hydroxylation sites is 1. The van der Waals surface area contributed by atoms with Crippen molar-refractivity contribution in [2.75, 3.05) is 5.73 Å². The Kier molecular flexibility index (Phi) is 4.29. The van der Waals surface area contributed by atoms with Gasteiger partial charge in [0.1, 0.15) is 5.82 Å². The number of carbonyl (C=O) groups excluding carboxylic acids is 1. The van der Waals surface area contributed by atoms with E-state index in [1.165, 1.54) is 17.7 Å². The first-order valence-electron chi connectivity index (χ1n) is 6.29. The van der Waals surface area contributed by atoms with E-state index in [-0.39, 0.29) is 17.0 Å². The molecule has 0 amide bonds. The van der Waals surface area contributed by atoms with Crippen molar-refractivity contribution in [2.45, 2.75) is 19.3 Å². The van der Waals surface area contributed by atoms with E-state index in [4.69, 9.17) is 5.73 Å². The van der Waals surface area contributed by atoms with Crippen LogP contribution in [-0.4, -0.2) is 5.78 Å². The Morgan fingerprint density at radius 3 is 2.53 bits per heavy atom. The number of halogens is 1.